The van der Waals surface area contributed by atoms with E-state index in [0.29, 0.717) is 13.0 Å². The number of amides is 1. The molecule has 0 aromatic heterocycles. The number of carbonyl (C=O) groups excluding carboxylic acids is 1. The molecule has 0 bridgehead atoms. The predicted octanol–water partition coefficient (Wildman–Crippen LogP) is 0.411. The molecule has 0 aromatic carbocycles. The monoisotopic (exact) mass is 200 g/mol. The van der Waals surface area contributed by atoms with Crippen molar-refractivity contribution in [2.45, 2.75) is 38.1 Å². The Morgan fingerprint density at radius 3 is 2.71 bits per heavy atom. The number of nitrogens with one attached hydrogen (secondary N) is 1. The molecule has 4 heteroatoms. The summed E-state index contributed by atoms with van der Waals surface area (Å²) in [5, 5.41) is 3.06. The third kappa shape index (κ3) is 3.64. The van der Waals surface area contributed by atoms with Gasteiger partial charge in [0.2, 0.25) is 5.91 Å². The summed E-state index contributed by atoms with van der Waals surface area (Å²) in [7, 11) is 0. The van der Waals surface area contributed by atoms with Crippen LogP contribution in [0, 0.1) is 0 Å². The van der Waals surface area contributed by atoms with Gasteiger partial charge in [0.25, 0.3) is 0 Å². The van der Waals surface area contributed by atoms with E-state index in [4.69, 9.17) is 10.5 Å². The summed E-state index contributed by atoms with van der Waals surface area (Å²) in [6.45, 7) is 4.14. The van der Waals surface area contributed by atoms with Crippen molar-refractivity contribution in [2.75, 3.05) is 19.8 Å². The quantitative estimate of drug-likeness (QED) is 0.691. The smallest absolute Gasteiger partial charge is 0.220 e. The largest absolute Gasteiger partial charge is 0.381 e. The first kappa shape index (κ1) is 11.5. The zero-order valence-electron chi connectivity index (χ0n) is 8.84. The second-order valence-electron chi connectivity index (χ2n) is 4.11. The van der Waals surface area contributed by atoms with Crippen molar-refractivity contribution < 1.29 is 9.53 Å². The summed E-state index contributed by atoms with van der Waals surface area (Å²) < 4.78 is 5.26. The van der Waals surface area contributed by atoms with Crippen molar-refractivity contribution in [3.8, 4) is 0 Å². The van der Waals surface area contributed by atoms with Gasteiger partial charge in [-0.3, -0.25) is 4.79 Å². The third-order valence-corrected chi connectivity index (χ3v) is 2.65. The van der Waals surface area contributed by atoms with Gasteiger partial charge in [0, 0.05) is 25.2 Å². The molecule has 1 rings (SSSR count). The van der Waals surface area contributed by atoms with Gasteiger partial charge in [-0.25, -0.2) is 0 Å². The summed E-state index contributed by atoms with van der Waals surface area (Å²) in [5.41, 5.74) is 5.28. The minimum absolute atomic E-state index is 0.0655. The Labute approximate surface area is 85.2 Å². The topological polar surface area (TPSA) is 64.4 Å². The van der Waals surface area contributed by atoms with Crippen LogP contribution in [0.1, 0.15) is 32.6 Å². The van der Waals surface area contributed by atoms with Gasteiger partial charge in [0.15, 0.2) is 0 Å². The second kappa shape index (κ2) is 5.32. The zero-order valence-corrected chi connectivity index (χ0v) is 8.84. The van der Waals surface area contributed by atoms with Crippen molar-refractivity contribution in [2.24, 2.45) is 5.73 Å². The number of hydrogen-bond donors (Lipinski definition) is 2. The molecular weight excluding hydrogens is 180 g/mol. The normalized spacial score (nSPS) is 20.4. The van der Waals surface area contributed by atoms with Crippen LogP contribution in [0.2, 0.25) is 0 Å². The van der Waals surface area contributed by atoms with Crippen LogP contribution in [0.3, 0.4) is 0 Å². The maximum Gasteiger partial charge on any atom is 0.220 e. The average molecular weight is 200 g/mol. The van der Waals surface area contributed by atoms with Crippen LogP contribution in [-0.2, 0) is 9.53 Å². The molecule has 1 fully saturated rings. The lowest BCUT2D eigenvalue weighted by Crippen LogP contribution is -2.49. The van der Waals surface area contributed by atoms with Crippen LogP contribution >= 0.6 is 0 Å². The number of carbonyl (C=O) groups is 1. The van der Waals surface area contributed by atoms with Gasteiger partial charge in [0.05, 0.1) is 0 Å². The summed E-state index contributed by atoms with van der Waals surface area (Å²) in [4.78, 5) is 11.5. The lowest BCUT2D eigenvalue weighted by Gasteiger charge is -2.34. The highest BCUT2D eigenvalue weighted by molar-refractivity contribution is 5.76. The van der Waals surface area contributed by atoms with Crippen molar-refractivity contribution in [3.05, 3.63) is 0 Å². The summed E-state index contributed by atoms with van der Waals surface area (Å²) in [5.74, 6) is 0.111. The Bertz CT molecular complexity index is 189. The van der Waals surface area contributed by atoms with E-state index in [1.165, 1.54) is 0 Å². The van der Waals surface area contributed by atoms with Crippen LogP contribution in [0.25, 0.3) is 0 Å². The van der Waals surface area contributed by atoms with Crippen molar-refractivity contribution in [1.29, 1.82) is 0 Å². The fourth-order valence-corrected chi connectivity index (χ4v) is 1.61. The molecule has 0 saturated carbocycles. The molecule has 3 N–H and O–H groups in total. The van der Waals surface area contributed by atoms with Crippen LogP contribution in [0.5, 0.6) is 0 Å². The van der Waals surface area contributed by atoms with E-state index in [-0.39, 0.29) is 11.4 Å². The summed E-state index contributed by atoms with van der Waals surface area (Å²) >= 11 is 0. The van der Waals surface area contributed by atoms with Gasteiger partial charge in [-0.05, 0) is 32.7 Å². The molecule has 1 aliphatic heterocycles. The van der Waals surface area contributed by atoms with E-state index in [1.54, 1.807) is 0 Å². The van der Waals surface area contributed by atoms with Gasteiger partial charge in [-0.1, -0.05) is 0 Å². The van der Waals surface area contributed by atoms with E-state index in [1.807, 2.05) is 0 Å². The Balaban J connectivity index is 2.29. The molecule has 0 atom stereocenters. The van der Waals surface area contributed by atoms with Crippen LogP contribution in [-0.4, -0.2) is 31.2 Å². The maximum atomic E-state index is 11.5. The minimum Gasteiger partial charge on any atom is -0.381 e. The summed E-state index contributed by atoms with van der Waals surface area (Å²) in [6, 6.07) is 0. The Hall–Kier alpha value is -0.610. The van der Waals surface area contributed by atoms with E-state index < -0.39 is 0 Å². The van der Waals surface area contributed by atoms with Crippen LogP contribution in [0.15, 0.2) is 0 Å². The van der Waals surface area contributed by atoms with Crippen molar-refractivity contribution >= 4 is 5.91 Å². The SMILES string of the molecule is CC1(NC(=O)CCCN)CCOCC1. The molecule has 1 saturated heterocycles. The number of hydrogen-bond acceptors (Lipinski definition) is 3. The standard InChI is InChI=1S/C10H20N2O2/c1-10(4-7-14-8-5-10)12-9(13)3-2-6-11/h2-8,11H2,1H3,(H,12,13). The van der Waals surface area contributed by atoms with E-state index in [0.717, 1.165) is 32.5 Å². The predicted molar refractivity (Wildman–Crippen MR) is 54.9 cm³/mol. The molecule has 1 amide bonds. The van der Waals surface area contributed by atoms with Gasteiger partial charge >= 0.3 is 0 Å². The van der Waals surface area contributed by atoms with E-state index >= 15 is 0 Å². The third-order valence-electron chi connectivity index (χ3n) is 2.65. The first-order chi connectivity index (χ1) is 6.66. The first-order valence-electron chi connectivity index (χ1n) is 5.25. The lowest BCUT2D eigenvalue weighted by molar-refractivity contribution is -0.124. The maximum absolute atomic E-state index is 11.5. The molecule has 0 unspecified atom stereocenters. The van der Waals surface area contributed by atoms with Gasteiger partial charge in [0.1, 0.15) is 0 Å². The minimum atomic E-state index is -0.0655. The molecule has 14 heavy (non-hydrogen) atoms. The Morgan fingerprint density at radius 2 is 2.14 bits per heavy atom. The highest BCUT2D eigenvalue weighted by Crippen LogP contribution is 2.19. The molecule has 4 nitrogen and oxygen atoms in total. The van der Waals surface area contributed by atoms with Crippen LogP contribution in [0.4, 0.5) is 0 Å². The molecule has 82 valence electrons. The number of rotatable bonds is 4. The first-order valence-corrected chi connectivity index (χ1v) is 5.25. The lowest BCUT2D eigenvalue weighted by atomic mass is 9.92. The molecule has 0 aromatic rings. The van der Waals surface area contributed by atoms with Crippen LogP contribution < -0.4 is 11.1 Å². The number of ether oxygens (including phenoxy) is 1. The second-order valence-corrected chi connectivity index (χ2v) is 4.11. The molecule has 1 aliphatic rings. The Kier molecular flexibility index (Phi) is 4.35. The number of nitrogens with two attached hydrogens (primary N) is 1. The molecule has 0 aliphatic carbocycles. The Morgan fingerprint density at radius 1 is 1.50 bits per heavy atom. The van der Waals surface area contributed by atoms with Gasteiger partial charge < -0.3 is 15.8 Å². The molecular formula is C10H20N2O2. The fraction of sp³-hybridized carbons (Fsp3) is 0.900. The molecule has 1 heterocycles. The van der Waals surface area contributed by atoms with Gasteiger partial charge in [-0.15, -0.1) is 0 Å². The summed E-state index contributed by atoms with van der Waals surface area (Å²) in [6.07, 6.45) is 3.11. The molecule has 0 radical (unpaired) electrons. The fourth-order valence-electron chi connectivity index (χ4n) is 1.61. The average Bonchev–Trinajstić information content (AvgIpc) is 2.15. The molecule has 0 spiro atoms. The zero-order chi connectivity index (χ0) is 10.4. The van der Waals surface area contributed by atoms with Crippen molar-refractivity contribution in [3.63, 3.8) is 0 Å². The van der Waals surface area contributed by atoms with E-state index in [2.05, 4.69) is 12.2 Å². The highest BCUT2D eigenvalue weighted by Gasteiger charge is 2.28. The van der Waals surface area contributed by atoms with Gasteiger partial charge in [-0.2, -0.15) is 0 Å². The van der Waals surface area contributed by atoms with Crippen molar-refractivity contribution in [1.82, 2.24) is 5.32 Å². The highest BCUT2D eigenvalue weighted by atomic mass is 16.5. The van der Waals surface area contributed by atoms with E-state index in [9.17, 15) is 4.79 Å².